The molecule has 2 aromatic carbocycles. The summed E-state index contributed by atoms with van der Waals surface area (Å²) in [4.78, 5) is 5.11. The zero-order valence-corrected chi connectivity index (χ0v) is 22.7. The second-order valence-electron chi connectivity index (χ2n) is 10.4. The lowest BCUT2D eigenvalue weighted by atomic mass is 9.79. The number of halogens is 2. The van der Waals surface area contributed by atoms with Gasteiger partial charge in [-0.1, -0.05) is 66.0 Å². The number of rotatable bonds is 8. The standard InChI is InChI=1S/C30H35Cl2N2S/c1-23-10-11-27(31)29(28(23)32)34-18-15-30(22-34,26-14-19-35-20-26)21-33-16-12-25(13-17-33)9-5-8-24-6-3-2-4-7-24/h2-4,6-7,10-11,14,19-20,25H,1,5,8-9,12-13,15-18,21-22H2/t30-/m0/s1. The molecule has 2 aliphatic heterocycles. The Labute approximate surface area is 224 Å². The minimum atomic E-state index is 0.115. The summed E-state index contributed by atoms with van der Waals surface area (Å²) < 4.78 is 0. The zero-order valence-electron chi connectivity index (χ0n) is 20.4. The molecule has 0 spiro atoms. The predicted octanol–water partition coefficient (Wildman–Crippen LogP) is 8.12. The fraction of sp³-hybridized carbons (Fsp3) is 0.433. The molecule has 0 N–H and O–H groups in total. The van der Waals surface area contributed by atoms with Crippen molar-refractivity contribution in [1.82, 2.24) is 4.90 Å². The predicted molar refractivity (Wildman–Crippen MR) is 152 cm³/mol. The summed E-state index contributed by atoms with van der Waals surface area (Å²) in [6, 6.07) is 17.1. The number of likely N-dealkylation sites (tertiary alicyclic amines) is 1. The maximum absolute atomic E-state index is 6.69. The van der Waals surface area contributed by atoms with Crippen LogP contribution in [0.15, 0.2) is 59.3 Å². The molecule has 1 atom stereocenters. The van der Waals surface area contributed by atoms with Gasteiger partial charge in [0, 0.05) is 25.0 Å². The Bertz CT molecular complexity index is 1090. The van der Waals surface area contributed by atoms with E-state index in [0.717, 1.165) is 48.2 Å². The number of benzene rings is 2. The molecule has 2 saturated heterocycles. The summed E-state index contributed by atoms with van der Waals surface area (Å²) in [5.74, 6) is 0.865. The van der Waals surface area contributed by atoms with Gasteiger partial charge in [-0.2, -0.15) is 11.3 Å². The highest BCUT2D eigenvalue weighted by Crippen LogP contribution is 2.44. The number of hydrogen-bond acceptors (Lipinski definition) is 3. The molecule has 0 unspecified atom stereocenters. The quantitative estimate of drug-likeness (QED) is 0.292. The van der Waals surface area contributed by atoms with E-state index in [1.807, 2.05) is 12.1 Å². The Hall–Kier alpha value is -1.52. The number of aryl methyl sites for hydroxylation is 1. The molecule has 1 aromatic heterocycles. The second-order valence-corrected chi connectivity index (χ2v) is 12.0. The van der Waals surface area contributed by atoms with E-state index in [1.54, 1.807) is 11.3 Å². The second kappa shape index (κ2) is 11.3. The summed E-state index contributed by atoms with van der Waals surface area (Å²) in [6.45, 7) is 9.53. The van der Waals surface area contributed by atoms with E-state index >= 15 is 0 Å². The van der Waals surface area contributed by atoms with Crippen molar-refractivity contribution in [2.75, 3.05) is 37.6 Å². The molecule has 0 bridgehead atoms. The van der Waals surface area contributed by atoms with E-state index in [9.17, 15) is 0 Å². The Morgan fingerprint density at radius 2 is 1.80 bits per heavy atom. The molecule has 0 aliphatic carbocycles. The Morgan fingerprint density at radius 3 is 2.54 bits per heavy atom. The molecule has 2 aliphatic rings. The molecule has 0 saturated carbocycles. The van der Waals surface area contributed by atoms with Crippen LogP contribution >= 0.6 is 34.5 Å². The lowest BCUT2D eigenvalue weighted by molar-refractivity contribution is 0.147. The van der Waals surface area contributed by atoms with Crippen molar-refractivity contribution in [3.8, 4) is 0 Å². The average molecular weight is 527 g/mol. The number of nitrogens with zero attached hydrogens (tertiary/aromatic N) is 2. The Morgan fingerprint density at radius 1 is 1.00 bits per heavy atom. The van der Waals surface area contributed by atoms with Crippen LogP contribution in [0.5, 0.6) is 0 Å². The first-order chi connectivity index (χ1) is 17.0. The summed E-state index contributed by atoms with van der Waals surface area (Å²) in [6.07, 6.45) is 7.62. The van der Waals surface area contributed by atoms with Crippen molar-refractivity contribution < 1.29 is 0 Å². The molecule has 3 aromatic rings. The van der Waals surface area contributed by atoms with E-state index in [2.05, 4.69) is 63.9 Å². The molecular formula is C30H35Cl2N2S. The molecule has 1 radical (unpaired) electrons. The molecule has 3 heterocycles. The first-order valence-corrected chi connectivity index (χ1v) is 14.6. The smallest absolute Gasteiger partial charge is 0.0748 e. The summed E-state index contributed by atoms with van der Waals surface area (Å²) in [5.41, 5.74) is 4.85. The fourth-order valence-corrected chi connectivity index (χ4v) is 7.45. The van der Waals surface area contributed by atoms with E-state index in [-0.39, 0.29) is 5.41 Å². The highest BCUT2D eigenvalue weighted by Gasteiger charge is 2.42. The van der Waals surface area contributed by atoms with Crippen LogP contribution in [0.25, 0.3) is 0 Å². The van der Waals surface area contributed by atoms with Gasteiger partial charge in [0.15, 0.2) is 0 Å². The maximum atomic E-state index is 6.69. The normalized spacial score (nSPS) is 21.6. The Balaban J connectivity index is 1.21. The van der Waals surface area contributed by atoms with Gasteiger partial charge in [0.05, 0.1) is 15.7 Å². The Kier molecular flexibility index (Phi) is 8.08. The number of thiophene rings is 1. The molecule has 35 heavy (non-hydrogen) atoms. The summed E-state index contributed by atoms with van der Waals surface area (Å²) in [7, 11) is 0. The molecular weight excluding hydrogens is 491 g/mol. The van der Waals surface area contributed by atoms with Gasteiger partial charge in [-0.05, 0) is 97.6 Å². The van der Waals surface area contributed by atoms with Gasteiger partial charge in [-0.3, -0.25) is 0 Å². The average Bonchev–Trinajstić information content (AvgIpc) is 3.55. The molecule has 5 rings (SSSR count). The third-order valence-corrected chi connectivity index (χ3v) is 9.51. The van der Waals surface area contributed by atoms with Crippen molar-refractivity contribution in [2.45, 2.75) is 43.9 Å². The number of anilines is 1. The third-order valence-electron chi connectivity index (χ3n) is 8.10. The van der Waals surface area contributed by atoms with Crippen LogP contribution in [-0.2, 0) is 11.8 Å². The highest BCUT2D eigenvalue weighted by atomic mass is 35.5. The van der Waals surface area contributed by atoms with Crippen LogP contribution in [0.1, 0.15) is 48.8 Å². The molecule has 0 amide bonds. The van der Waals surface area contributed by atoms with Gasteiger partial charge in [0.25, 0.3) is 0 Å². The lowest BCUT2D eigenvalue weighted by Crippen LogP contribution is -2.46. The van der Waals surface area contributed by atoms with Gasteiger partial charge < -0.3 is 9.80 Å². The van der Waals surface area contributed by atoms with Gasteiger partial charge in [-0.25, -0.2) is 0 Å². The highest BCUT2D eigenvalue weighted by molar-refractivity contribution is 7.08. The SMILES string of the molecule is [CH2]c1ccc(Cl)c(N2CC[C@@](CN3CCC(CCCc4ccccc4)CC3)(c3ccsc3)C2)c1Cl. The van der Waals surface area contributed by atoms with Crippen LogP contribution in [0.3, 0.4) is 0 Å². The van der Waals surface area contributed by atoms with Crippen LogP contribution in [0, 0.1) is 12.8 Å². The van der Waals surface area contributed by atoms with E-state index in [1.165, 1.54) is 56.3 Å². The largest absolute Gasteiger partial charge is 0.368 e. The van der Waals surface area contributed by atoms with Crippen LogP contribution in [0.4, 0.5) is 5.69 Å². The van der Waals surface area contributed by atoms with E-state index in [4.69, 9.17) is 23.2 Å². The lowest BCUT2D eigenvalue weighted by Gasteiger charge is -2.39. The number of piperidine rings is 1. The summed E-state index contributed by atoms with van der Waals surface area (Å²) in [5, 5.41) is 5.98. The van der Waals surface area contributed by atoms with E-state index < -0.39 is 0 Å². The van der Waals surface area contributed by atoms with Crippen LogP contribution < -0.4 is 4.90 Å². The monoisotopic (exact) mass is 525 g/mol. The molecule has 2 nitrogen and oxygen atoms in total. The van der Waals surface area contributed by atoms with Crippen LogP contribution in [0.2, 0.25) is 10.0 Å². The summed E-state index contributed by atoms with van der Waals surface area (Å²) >= 11 is 15.1. The maximum Gasteiger partial charge on any atom is 0.0748 e. The van der Waals surface area contributed by atoms with Crippen molar-refractivity contribution in [2.24, 2.45) is 5.92 Å². The van der Waals surface area contributed by atoms with Crippen molar-refractivity contribution >= 4 is 40.2 Å². The minimum Gasteiger partial charge on any atom is -0.368 e. The van der Waals surface area contributed by atoms with E-state index in [0.29, 0.717) is 5.02 Å². The molecule has 2 fully saturated rings. The van der Waals surface area contributed by atoms with Crippen molar-refractivity contribution in [3.63, 3.8) is 0 Å². The van der Waals surface area contributed by atoms with Gasteiger partial charge in [-0.15, -0.1) is 0 Å². The van der Waals surface area contributed by atoms with Gasteiger partial charge >= 0.3 is 0 Å². The van der Waals surface area contributed by atoms with Crippen molar-refractivity contribution in [3.05, 3.63) is 93.0 Å². The molecule has 185 valence electrons. The van der Waals surface area contributed by atoms with Gasteiger partial charge in [0.2, 0.25) is 0 Å². The first-order valence-electron chi connectivity index (χ1n) is 12.9. The third kappa shape index (κ3) is 5.74. The molecule has 5 heteroatoms. The number of hydrogen-bond donors (Lipinski definition) is 0. The van der Waals surface area contributed by atoms with Crippen molar-refractivity contribution in [1.29, 1.82) is 0 Å². The van der Waals surface area contributed by atoms with Crippen LogP contribution in [-0.4, -0.2) is 37.6 Å². The zero-order chi connectivity index (χ0) is 24.3. The topological polar surface area (TPSA) is 6.48 Å². The van der Waals surface area contributed by atoms with Gasteiger partial charge in [0.1, 0.15) is 0 Å². The first kappa shape index (κ1) is 25.1. The minimum absolute atomic E-state index is 0.115. The fourth-order valence-electron chi connectivity index (χ4n) is 6.06.